The Hall–Kier alpha value is -3.93. The first-order valence-electron chi connectivity index (χ1n) is 11.8. The number of rotatable bonds is 7. The van der Waals surface area contributed by atoms with E-state index in [0.717, 1.165) is 22.9 Å². The summed E-state index contributed by atoms with van der Waals surface area (Å²) in [5.41, 5.74) is -1.28. The summed E-state index contributed by atoms with van der Waals surface area (Å²) in [6.07, 6.45) is -4.84. The van der Waals surface area contributed by atoms with Gasteiger partial charge in [-0.15, -0.1) is 0 Å². The number of fused-ring (bicyclic) bond motifs is 1. The number of halogens is 3. The van der Waals surface area contributed by atoms with Crippen molar-refractivity contribution in [3.8, 4) is 22.7 Å². The van der Waals surface area contributed by atoms with Gasteiger partial charge in [0.25, 0.3) is 11.5 Å². The Kier molecular flexibility index (Phi) is 7.45. The molecule has 2 heterocycles. The van der Waals surface area contributed by atoms with Gasteiger partial charge < -0.3 is 9.64 Å². The van der Waals surface area contributed by atoms with Gasteiger partial charge in [-0.2, -0.15) is 17.5 Å². The fraction of sp³-hybridized carbons (Fsp3) is 0.308. The molecule has 8 nitrogen and oxygen atoms in total. The van der Waals surface area contributed by atoms with Crippen LogP contribution in [0.5, 0.6) is 5.75 Å². The summed E-state index contributed by atoms with van der Waals surface area (Å²) in [6, 6.07) is 10.5. The number of hydrogen-bond acceptors (Lipinski definition) is 6. The maximum atomic E-state index is 13.2. The third-order valence-electron chi connectivity index (χ3n) is 6.24. The number of amides is 1. The van der Waals surface area contributed by atoms with E-state index in [0.29, 0.717) is 45.1 Å². The lowest BCUT2D eigenvalue weighted by Gasteiger charge is -2.19. The van der Waals surface area contributed by atoms with Crippen molar-refractivity contribution >= 4 is 27.5 Å². The van der Waals surface area contributed by atoms with Crippen LogP contribution in [0.15, 0.2) is 52.1 Å². The second-order valence-electron chi connectivity index (χ2n) is 8.59. The van der Waals surface area contributed by atoms with Crippen LogP contribution >= 0.6 is 11.5 Å². The Labute approximate surface area is 219 Å². The van der Waals surface area contributed by atoms with Crippen LogP contribution in [0.25, 0.3) is 27.0 Å². The lowest BCUT2D eigenvalue weighted by atomic mass is 10.0. The van der Waals surface area contributed by atoms with Crippen LogP contribution in [-0.2, 0) is 18.0 Å². The summed E-state index contributed by atoms with van der Waals surface area (Å²) in [5.74, 6) is 0.440. The third kappa shape index (κ3) is 5.08. The summed E-state index contributed by atoms with van der Waals surface area (Å²) >= 11 is 1.21. The molecule has 0 radical (unpaired) electrons. The second-order valence-corrected chi connectivity index (χ2v) is 9.39. The molecule has 2 aromatic carbocycles. The molecule has 1 amide bonds. The zero-order chi connectivity index (χ0) is 27.8. The molecular formula is C26H25F3N4O4S. The van der Waals surface area contributed by atoms with E-state index in [2.05, 4.69) is 4.37 Å². The van der Waals surface area contributed by atoms with Crippen molar-refractivity contribution in [1.29, 1.82) is 0 Å². The van der Waals surface area contributed by atoms with E-state index in [1.54, 1.807) is 29.2 Å². The first kappa shape index (κ1) is 27.1. The molecule has 0 unspecified atom stereocenters. The molecule has 0 bridgehead atoms. The number of nitrogens with zero attached hydrogens (tertiary/aromatic N) is 4. The normalized spacial score (nSPS) is 11.7. The molecule has 0 aliphatic rings. The zero-order valence-corrected chi connectivity index (χ0v) is 21.9. The van der Waals surface area contributed by atoms with Crippen LogP contribution in [0.3, 0.4) is 0 Å². The average molecular weight is 547 g/mol. The molecule has 0 spiro atoms. The standard InChI is InChI=1S/C26H25F3N4O4S/c1-5-32(6-2)23(35)14-37-19-9-7-16(11-15(19)3)24-18-12-17(8-10-20(18)38-30-24)33-22(34)13-21(26(27,28)29)31(4)25(33)36/h7-13H,5-6,14H2,1-4H3. The predicted molar refractivity (Wildman–Crippen MR) is 139 cm³/mol. The topological polar surface area (TPSA) is 86.4 Å². The minimum Gasteiger partial charge on any atom is -0.483 e. The minimum absolute atomic E-state index is 0.0817. The van der Waals surface area contributed by atoms with Crippen molar-refractivity contribution in [2.24, 2.45) is 7.05 Å². The SMILES string of the molecule is CCN(CC)C(=O)COc1ccc(-c2nsc3ccc(-n4c(=O)cc(C(F)(F)F)n(C)c4=O)cc23)cc1C. The number of benzene rings is 2. The summed E-state index contributed by atoms with van der Waals surface area (Å²) < 4.78 is 51.8. The number of alkyl halides is 3. The van der Waals surface area contributed by atoms with Crippen molar-refractivity contribution in [3.05, 3.63) is 74.6 Å². The van der Waals surface area contributed by atoms with E-state index in [-0.39, 0.29) is 18.2 Å². The quantitative estimate of drug-likeness (QED) is 0.343. The van der Waals surface area contributed by atoms with Gasteiger partial charge in [-0.3, -0.25) is 14.2 Å². The van der Waals surface area contributed by atoms with E-state index in [1.807, 2.05) is 26.8 Å². The Morgan fingerprint density at radius 2 is 1.79 bits per heavy atom. The molecule has 0 aliphatic carbocycles. The molecule has 38 heavy (non-hydrogen) atoms. The lowest BCUT2D eigenvalue weighted by Crippen LogP contribution is -2.40. The van der Waals surface area contributed by atoms with Crippen LogP contribution in [0, 0.1) is 6.92 Å². The molecule has 0 saturated carbocycles. The van der Waals surface area contributed by atoms with Gasteiger partial charge in [0.1, 0.15) is 11.4 Å². The number of carbonyl (C=O) groups excluding carboxylic acids is 1. The van der Waals surface area contributed by atoms with Crippen molar-refractivity contribution < 1.29 is 22.7 Å². The van der Waals surface area contributed by atoms with E-state index >= 15 is 0 Å². The van der Waals surface area contributed by atoms with Gasteiger partial charge in [-0.05, 0) is 74.3 Å². The number of ether oxygens (including phenoxy) is 1. The smallest absolute Gasteiger partial charge is 0.431 e. The van der Waals surface area contributed by atoms with Gasteiger partial charge in [0, 0.05) is 37.2 Å². The Morgan fingerprint density at radius 3 is 2.42 bits per heavy atom. The molecule has 0 saturated heterocycles. The molecule has 0 atom stereocenters. The fourth-order valence-corrected chi connectivity index (χ4v) is 4.95. The van der Waals surface area contributed by atoms with E-state index in [9.17, 15) is 27.6 Å². The van der Waals surface area contributed by atoms with Crippen LogP contribution in [-0.4, -0.2) is 44.0 Å². The van der Waals surface area contributed by atoms with Gasteiger partial charge in [0.05, 0.1) is 16.1 Å². The summed E-state index contributed by atoms with van der Waals surface area (Å²) in [6.45, 7) is 6.75. The maximum Gasteiger partial charge on any atom is 0.431 e. The van der Waals surface area contributed by atoms with Crippen LogP contribution in [0.1, 0.15) is 25.1 Å². The second kappa shape index (κ2) is 10.4. The third-order valence-corrected chi connectivity index (χ3v) is 7.06. The lowest BCUT2D eigenvalue weighted by molar-refractivity contribution is -0.144. The zero-order valence-electron chi connectivity index (χ0n) is 21.1. The van der Waals surface area contributed by atoms with Gasteiger partial charge in [-0.25, -0.2) is 9.36 Å². The first-order chi connectivity index (χ1) is 18.0. The Morgan fingerprint density at radius 1 is 1.08 bits per heavy atom. The number of aromatic nitrogens is 3. The Bertz CT molecular complexity index is 1630. The van der Waals surface area contributed by atoms with E-state index in [1.165, 1.54) is 17.6 Å². The number of aryl methyl sites for hydroxylation is 1. The molecule has 12 heteroatoms. The highest BCUT2D eigenvalue weighted by Gasteiger charge is 2.35. The van der Waals surface area contributed by atoms with Crippen molar-refractivity contribution in [1.82, 2.24) is 18.4 Å². The maximum absolute atomic E-state index is 13.2. The highest BCUT2D eigenvalue weighted by molar-refractivity contribution is 7.13. The van der Waals surface area contributed by atoms with Crippen LogP contribution in [0.2, 0.25) is 0 Å². The fourth-order valence-electron chi connectivity index (χ4n) is 4.17. The molecule has 4 rings (SSSR count). The summed E-state index contributed by atoms with van der Waals surface area (Å²) in [4.78, 5) is 39.2. The molecule has 0 N–H and O–H groups in total. The molecular weight excluding hydrogens is 521 g/mol. The van der Waals surface area contributed by atoms with Gasteiger partial charge >= 0.3 is 11.9 Å². The number of hydrogen-bond donors (Lipinski definition) is 0. The molecule has 0 fully saturated rings. The monoisotopic (exact) mass is 546 g/mol. The first-order valence-corrected chi connectivity index (χ1v) is 12.5. The van der Waals surface area contributed by atoms with Crippen LogP contribution in [0.4, 0.5) is 13.2 Å². The Balaban J connectivity index is 1.70. The molecule has 200 valence electrons. The van der Waals surface area contributed by atoms with Crippen molar-refractivity contribution in [3.63, 3.8) is 0 Å². The van der Waals surface area contributed by atoms with Crippen molar-refractivity contribution in [2.45, 2.75) is 26.9 Å². The minimum atomic E-state index is -4.84. The average Bonchev–Trinajstić information content (AvgIpc) is 3.29. The summed E-state index contributed by atoms with van der Waals surface area (Å²) in [5, 5.41) is 0.631. The molecule has 2 aromatic heterocycles. The van der Waals surface area contributed by atoms with Crippen molar-refractivity contribution in [2.75, 3.05) is 19.7 Å². The summed E-state index contributed by atoms with van der Waals surface area (Å²) in [7, 11) is 0.971. The van der Waals surface area contributed by atoms with E-state index in [4.69, 9.17) is 4.74 Å². The van der Waals surface area contributed by atoms with Crippen LogP contribution < -0.4 is 16.0 Å². The van der Waals surface area contributed by atoms with E-state index < -0.39 is 23.1 Å². The van der Waals surface area contributed by atoms with Gasteiger partial charge in [0.2, 0.25) is 0 Å². The highest BCUT2D eigenvalue weighted by Crippen LogP contribution is 2.34. The number of carbonyl (C=O) groups is 1. The largest absolute Gasteiger partial charge is 0.483 e. The number of likely N-dealkylation sites (N-methyl/N-ethyl adjacent to an activating group) is 1. The van der Waals surface area contributed by atoms with Gasteiger partial charge in [-0.1, -0.05) is 0 Å². The highest BCUT2D eigenvalue weighted by atomic mass is 32.1. The molecule has 4 aromatic rings. The van der Waals surface area contributed by atoms with Gasteiger partial charge in [0.15, 0.2) is 6.61 Å². The molecule has 0 aliphatic heterocycles. The predicted octanol–water partition coefficient (Wildman–Crippen LogP) is 4.39.